The first-order valence-electron chi connectivity index (χ1n) is 18.1. The summed E-state index contributed by atoms with van der Waals surface area (Å²) in [6.45, 7) is 9.31. The molecule has 3 saturated carbocycles. The molecule has 3 fully saturated rings. The molecule has 0 N–H and O–H groups in total. The number of rotatable bonds is 4. The molecule has 3 aromatic carbocycles. The third-order valence-corrected chi connectivity index (χ3v) is 12.1. The Morgan fingerprint density at radius 1 is 0.870 bits per heavy atom. The van der Waals surface area contributed by atoms with E-state index in [2.05, 4.69) is 121 Å². The summed E-state index contributed by atoms with van der Waals surface area (Å²) in [4.78, 5) is 7.64. The molecule has 2 aliphatic heterocycles. The van der Waals surface area contributed by atoms with Gasteiger partial charge in [0.15, 0.2) is 12.3 Å². The van der Waals surface area contributed by atoms with Crippen LogP contribution in [0.2, 0.25) is 0 Å². The van der Waals surface area contributed by atoms with E-state index in [1.54, 1.807) is 0 Å². The van der Waals surface area contributed by atoms with E-state index in [9.17, 15) is 0 Å². The standard InChI is InChI=1S/C42H52N4/c1-29-38-36-24-22-33(41(2,3)4)25-31(36)21-23-37(38)39-40(44(29)28-43-5)42(39)45(34-17-11-7-12-18-34)26-32(30-15-9-6-10-16-30)27-46(42)35-19-13-8-14-20-35/h6,9-10,15-16,21-28,34-35,39-40H,7-8,11-14,17-20H2,1-5H3/q+2. The number of aliphatic imine (C=N–C) groups is 1. The van der Waals surface area contributed by atoms with Crippen LogP contribution in [-0.2, 0) is 5.41 Å². The molecule has 0 amide bonds. The van der Waals surface area contributed by atoms with Crippen LogP contribution in [0.3, 0.4) is 0 Å². The molecule has 3 aromatic rings. The van der Waals surface area contributed by atoms with E-state index in [1.165, 1.54) is 109 Å². The molecule has 0 saturated heterocycles. The zero-order chi connectivity index (χ0) is 31.6. The van der Waals surface area contributed by atoms with Gasteiger partial charge in [0.25, 0.3) is 12.0 Å². The Balaban J connectivity index is 1.37. The third kappa shape index (κ3) is 4.57. The molecule has 3 atom stereocenters. The first-order chi connectivity index (χ1) is 22.3. The summed E-state index contributed by atoms with van der Waals surface area (Å²) in [5.41, 5.74) is 8.40. The zero-order valence-corrected chi connectivity index (χ0v) is 28.7. The summed E-state index contributed by atoms with van der Waals surface area (Å²) in [6, 6.07) is 24.7. The van der Waals surface area contributed by atoms with Crippen molar-refractivity contribution in [2.24, 2.45) is 4.99 Å². The van der Waals surface area contributed by atoms with Crippen molar-refractivity contribution >= 4 is 34.6 Å². The monoisotopic (exact) mass is 612 g/mol. The molecule has 4 nitrogen and oxygen atoms in total. The lowest BCUT2D eigenvalue weighted by Crippen LogP contribution is -2.58. The molecule has 3 aliphatic carbocycles. The Bertz CT molecular complexity index is 1780. The highest BCUT2D eigenvalue weighted by Crippen LogP contribution is 2.64. The maximum absolute atomic E-state index is 4.72. The fourth-order valence-corrected chi connectivity index (χ4v) is 9.80. The van der Waals surface area contributed by atoms with Crippen LogP contribution < -0.4 is 0 Å². The van der Waals surface area contributed by atoms with Gasteiger partial charge in [0.1, 0.15) is 18.7 Å². The van der Waals surface area contributed by atoms with Gasteiger partial charge in [-0.25, -0.2) is 9.15 Å². The Hall–Kier alpha value is -3.53. The topological polar surface area (TPSA) is 21.6 Å². The first-order valence-corrected chi connectivity index (χ1v) is 18.1. The molecule has 4 heteroatoms. The predicted octanol–water partition coefficient (Wildman–Crippen LogP) is 8.90. The van der Waals surface area contributed by atoms with Gasteiger partial charge in [0.05, 0.1) is 5.57 Å². The number of allylic oxidation sites excluding steroid dienone is 1. The van der Waals surface area contributed by atoms with E-state index in [0.29, 0.717) is 24.0 Å². The first kappa shape index (κ1) is 29.8. The van der Waals surface area contributed by atoms with Crippen molar-refractivity contribution < 1.29 is 9.15 Å². The van der Waals surface area contributed by atoms with E-state index in [4.69, 9.17) is 4.99 Å². The van der Waals surface area contributed by atoms with Gasteiger partial charge in [0, 0.05) is 30.6 Å². The summed E-state index contributed by atoms with van der Waals surface area (Å²) >= 11 is 0. The van der Waals surface area contributed by atoms with Crippen LogP contribution in [0.15, 0.2) is 71.9 Å². The second kappa shape index (κ2) is 11.3. The van der Waals surface area contributed by atoms with Crippen molar-refractivity contribution in [3.8, 4) is 0 Å². The smallest absolute Gasteiger partial charge is 0.291 e. The van der Waals surface area contributed by atoms with Gasteiger partial charge in [-0.05, 0) is 65.5 Å². The minimum Gasteiger partial charge on any atom is -0.311 e. The molecule has 1 spiro atoms. The molecule has 8 rings (SSSR count). The van der Waals surface area contributed by atoms with Gasteiger partial charge < -0.3 is 4.90 Å². The van der Waals surface area contributed by atoms with Crippen LogP contribution in [0, 0.1) is 0 Å². The van der Waals surface area contributed by atoms with Crippen LogP contribution in [-0.4, -0.2) is 63.2 Å². The van der Waals surface area contributed by atoms with E-state index in [1.807, 2.05) is 7.05 Å². The summed E-state index contributed by atoms with van der Waals surface area (Å²) < 4.78 is 5.51. The number of nitrogens with zero attached hydrogens (tertiary/aromatic N) is 4. The highest BCUT2D eigenvalue weighted by Gasteiger charge is 2.85. The number of hydrogen-bond acceptors (Lipinski definition) is 2. The summed E-state index contributed by atoms with van der Waals surface area (Å²) in [5.74, 6) is 0.379. The Labute approximate surface area is 276 Å². The van der Waals surface area contributed by atoms with E-state index in [-0.39, 0.29) is 11.1 Å². The van der Waals surface area contributed by atoms with Gasteiger partial charge >= 0.3 is 0 Å². The SMILES string of the molecule is CN=C[N+]1=C(C)c2c(ccc3cc(C(C)(C)C)ccc23)C2C1C21N(C2CCCCC2)C=C(c2ccccc2)C=[N+]1C1CCCCC1. The molecule has 2 heterocycles. The van der Waals surface area contributed by atoms with Crippen molar-refractivity contribution in [3.05, 3.63) is 89.1 Å². The number of fused-ring (bicyclic) bond motifs is 7. The maximum atomic E-state index is 4.72. The fourth-order valence-electron chi connectivity index (χ4n) is 9.80. The maximum Gasteiger partial charge on any atom is 0.291 e. The average molecular weight is 613 g/mol. The predicted molar refractivity (Wildman–Crippen MR) is 193 cm³/mol. The summed E-state index contributed by atoms with van der Waals surface area (Å²) in [7, 11) is 1.95. The minimum absolute atomic E-state index is 0.122. The van der Waals surface area contributed by atoms with E-state index >= 15 is 0 Å². The summed E-state index contributed by atoms with van der Waals surface area (Å²) in [5, 5.41) is 2.73. The Kier molecular flexibility index (Phi) is 7.34. The highest BCUT2D eigenvalue weighted by molar-refractivity contribution is 6.11. The lowest BCUT2D eigenvalue weighted by molar-refractivity contribution is -0.657. The normalized spacial score (nSPS) is 27.2. The molecular formula is C42H52N4+2. The van der Waals surface area contributed by atoms with Gasteiger partial charge in [-0.3, -0.25) is 0 Å². The molecular weight excluding hydrogens is 560 g/mol. The van der Waals surface area contributed by atoms with Crippen molar-refractivity contribution in [3.63, 3.8) is 0 Å². The molecule has 46 heavy (non-hydrogen) atoms. The highest BCUT2D eigenvalue weighted by atomic mass is 15.5. The average Bonchev–Trinajstić information content (AvgIpc) is 3.75. The Morgan fingerprint density at radius 3 is 2.28 bits per heavy atom. The van der Waals surface area contributed by atoms with Crippen LogP contribution in [0.25, 0.3) is 16.3 Å². The van der Waals surface area contributed by atoms with Gasteiger partial charge in [0.2, 0.25) is 6.04 Å². The van der Waals surface area contributed by atoms with E-state index < -0.39 is 0 Å². The van der Waals surface area contributed by atoms with Crippen molar-refractivity contribution in [1.82, 2.24) is 4.90 Å². The largest absolute Gasteiger partial charge is 0.311 e. The van der Waals surface area contributed by atoms with Crippen LogP contribution in [0.4, 0.5) is 0 Å². The second-order valence-electron chi connectivity index (χ2n) is 15.8. The number of benzene rings is 3. The van der Waals surface area contributed by atoms with Crippen molar-refractivity contribution in [2.75, 3.05) is 7.05 Å². The molecule has 0 bridgehead atoms. The van der Waals surface area contributed by atoms with Gasteiger partial charge in [-0.1, -0.05) is 112 Å². The molecule has 238 valence electrons. The molecule has 0 aromatic heterocycles. The van der Waals surface area contributed by atoms with Crippen molar-refractivity contribution in [2.45, 2.75) is 127 Å². The zero-order valence-electron chi connectivity index (χ0n) is 28.7. The molecule has 0 radical (unpaired) electrons. The quantitative estimate of drug-likeness (QED) is 0.164. The molecule has 5 aliphatic rings. The van der Waals surface area contributed by atoms with Crippen LogP contribution in [0.5, 0.6) is 0 Å². The lowest BCUT2D eigenvalue weighted by atomic mass is 9.83. The minimum atomic E-state index is -0.130. The summed E-state index contributed by atoms with van der Waals surface area (Å²) in [6.07, 6.45) is 20.5. The fraction of sp³-hybridized carbons (Fsp3) is 0.500. The van der Waals surface area contributed by atoms with Crippen LogP contribution >= 0.6 is 0 Å². The molecule has 3 unspecified atom stereocenters. The lowest BCUT2D eigenvalue weighted by Gasteiger charge is -2.42. The van der Waals surface area contributed by atoms with Crippen LogP contribution in [0.1, 0.15) is 120 Å². The second-order valence-corrected chi connectivity index (χ2v) is 15.8. The van der Waals surface area contributed by atoms with Gasteiger partial charge in [-0.2, -0.15) is 0 Å². The van der Waals surface area contributed by atoms with Crippen molar-refractivity contribution in [1.29, 1.82) is 0 Å². The number of hydrogen-bond donors (Lipinski definition) is 0. The Morgan fingerprint density at radius 2 is 1.59 bits per heavy atom. The third-order valence-electron chi connectivity index (χ3n) is 12.1. The van der Waals surface area contributed by atoms with Gasteiger partial charge in [-0.15, -0.1) is 0 Å². The van der Waals surface area contributed by atoms with E-state index in [0.717, 1.165) is 0 Å².